The molecule has 152 valence electrons. The number of benzene rings is 1. The van der Waals surface area contributed by atoms with Crippen LogP contribution in [0.15, 0.2) is 29.2 Å². The highest BCUT2D eigenvalue weighted by Gasteiger charge is 2.35. The van der Waals surface area contributed by atoms with Gasteiger partial charge >= 0.3 is 0 Å². The molecular formula is C19H25FN4O3S. The minimum absolute atomic E-state index is 0.0393. The maximum absolute atomic E-state index is 13.0. The van der Waals surface area contributed by atoms with Crippen molar-refractivity contribution in [3.63, 3.8) is 0 Å². The summed E-state index contributed by atoms with van der Waals surface area (Å²) in [4.78, 5) is 12.5. The second-order valence-corrected chi connectivity index (χ2v) is 9.05. The van der Waals surface area contributed by atoms with Crippen molar-refractivity contribution in [2.45, 2.75) is 31.6 Å². The number of sulfonamides is 1. The Balaban J connectivity index is 1.56. The lowest BCUT2D eigenvalue weighted by atomic mass is 10.1. The van der Waals surface area contributed by atoms with Gasteiger partial charge in [-0.15, -0.1) is 0 Å². The van der Waals surface area contributed by atoms with Crippen molar-refractivity contribution in [2.75, 3.05) is 19.6 Å². The smallest absolute Gasteiger partial charge is 0.243 e. The molecule has 1 fully saturated rings. The van der Waals surface area contributed by atoms with Gasteiger partial charge in [0.1, 0.15) is 5.82 Å². The van der Waals surface area contributed by atoms with Crippen LogP contribution in [0, 0.1) is 25.6 Å². The highest BCUT2D eigenvalue weighted by molar-refractivity contribution is 7.89. The molecule has 0 spiro atoms. The zero-order valence-electron chi connectivity index (χ0n) is 16.3. The molecule has 0 unspecified atom stereocenters. The monoisotopic (exact) mass is 408 g/mol. The average Bonchev–Trinajstić information content (AvgIpc) is 3.23. The van der Waals surface area contributed by atoms with E-state index in [1.807, 2.05) is 25.6 Å². The number of rotatable bonds is 6. The van der Waals surface area contributed by atoms with Crippen LogP contribution in [-0.2, 0) is 28.3 Å². The normalized spacial score (nSPS) is 17.8. The lowest BCUT2D eigenvalue weighted by Crippen LogP contribution is -2.35. The van der Waals surface area contributed by atoms with Crippen LogP contribution in [0.4, 0.5) is 4.39 Å². The van der Waals surface area contributed by atoms with Gasteiger partial charge in [-0.3, -0.25) is 9.48 Å². The molecule has 28 heavy (non-hydrogen) atoms. The van der Waals surface area contributed by atoms with Crippen LogP contribution in [0.5, 0.6) is 0 Å². The number of nitrogens with zero attached hydrogens (tertiary/aromatic N) is 3. The van der Waals surface area contributed by atoms with E-state index in [1.165, 1.54) is 16.4 Å². The largest absolute Gasteiger partial charge is 0.355 e. The Morgan fingerprint density at radius 3 is 2.57 bits per heavy atom. The van der Waals surface area contributed by atoms with Gasteiger partial charge in [0.2, 0.25) is 15.9 Å². The number of carbonyl (C=O) groups excluding carboxylic acids is 1. The molecule has 9 heteroatoms. The van der Waals surface area contributed by atoms with E-state index < -0.39 is 15.8 Å². The Kier molecular flexibility index (Phi) is 5.85. The second kappa shape index (κ2) is 8.00. The molecule has 0 aliphatic carbocycles. The molecule has 2 heterocycles. The Hall–Kier alpha value is -2.26. The molecule has 1 saturated heterocycles. The lowest BCUT2D eigenvalue weighted by Gasteiger charge is -2.16. The van der Waals surface area contributed by atoms with Crippen LogP contribution in [0.25, 0.3) is 0 Å². The highest BCUT2D eigenvalue weighted by Crippen LogP contribution is 2.24. The van der Waals surface area contributed by atoms with Gasteiger partial charge < -0.3 is 5.32 Å². The molecule has 1 aliphatic heterocycles. The Morgan fingerprint density at radius 2 is 1.96 bits per heavy atom. The Bertz CT molecular complexity index is 970. The molecule has 1 aromatic heterocycles. The summed E-state index contributed by atoms with van der Waals surface area (Å²) in [6.45, 7) is 4.83. The summed E-state index contributed by atoms with van der Waals surface area (Å²) in [5, 5.41) is 7.27. The van der Waals surface area contributed by atoms with E-state index in [0.717, 1.165) is 29.1 Å². The molecule has 1 aliphatic rings. The van der Waals surface area contributed by atoms with Gasteiger partial charge in [-0.1, -0.05) is 0 Å². The van der Waals surface area contributed by atoms with Gasteiger partial charge in [-0.25, -0.2) is 12.8 Å². The first kappa shape index (κ1) is 20.5. The quantitative estimate of drug-likeness (QED) is 0.786. The fraction of sp³-hybridized carbons (Fsp3) is 0.474. The fourth-order valence-electron chi connectivity index (χ4n) is 3.55. The number of aromatic nitrogens is 2. The standard InChI is InChI=1S/C19H25FN4O3S/c1-13-18(14(2)23(3)22-13)8-10-21-19(25)15-9-11-24(12-15)28(26,27)17-6-4-16(20)5-7-17/h4-7,15H,8-12H2,1-3H3,(H,21,25)/t15-/m0/s1. The first-order valence-electron chi connectivity index (χ1n) is 9.22. The summed E-state index contributed by atoms with van der Waals surface area (Å²) in [6.07, 6.45) is 1.15. The van der Waals surface area contributed by atoms with Gasteiger partial charge in [-0.2, -0.15) is 9.40 Å². The third kappa shape index (κ3) is 4.10. The van der Waals surface area contributed by atoms with E-state index in [-0.39, 0.29) is 29.8 Å². The van der Waals surface area contributed by atoms with E-state index >= 15 is 0 Å². The third-order valence-electron chi connectivity index (χ3n) is 5.31. The van der Waals surface area contributed by atoms with Crippen molar-refractivity contribution in [1.29, 1.82) is 0 Å². The predicted octanol–water partition coefficient (Wildman–Crippen LogP) is 1.55. The minimum atomic E-state index is -3.72. The SMILES string of the molecule is Cc1nn(C)c(C)c1CCNC(=O)[C@H]1CCN(S(=O)(=O)c2ccc(F)cc2)C1. The number of amides is 1. The molecule has 1 atom stereocenters. The van der Waals surface area contributed by atoms with Gasteiger partial charge in [0.15, 0.2) is 0 Å². The van der Waals surface area contributed by atoms with Gasteiger partial charge in [0.05, 0.1) is 16.5 Å². The Labute approximate surface area is 164 Å². The summed E-state index contributed by atoms with van der Waals surface area (Å²) in [7, 11) is -1.83. The zero-order valence-corrected chi connectivity index (χ0v) is 17.1. The number of hydrogen-bond acceptors (Lipinski definition) is 4. The van der Waals surface area contributed by atoms with Crippen LogP contribution in [0.1, 0.15) is 23.4 Å². The molecule has 0 saturated carbocycles. The summed E-state index contributed by atoms with van der Waals surface area (Å²) >= 11 is 0. The molecule has 2 aromatic rings. The summed E-state index contributed by atoms with van der Waals surface area (Å²) in [5.41, 5.74) is 3.14. The van der Waals surface area contributed by atoms with Crippen molar-refractivity contribution < 1.29 is 17.6 Å². The van der Waals surface area contributed by atoms with Crippen molar-refractivity contribution in [3.8, 4) is 0 Å². The average molecular weight is 408 g/mol. The van der Waals surface area contributed by atoms with Crippen molar-refractivity contribution >= 4 is 15.9 Å². The van der Waals surface area contributed by atoms with Crippen LogP contribution in [0.2, 0.25) is 0 Å². The summed E-state index contributed by atoms with van der Waals surface area (Å²) < 4.78 is 41.5. The van der Waals surface area contributed by atoms with E-state index in [1.54, 1.807) is 0 Å². The van der Waals surface area contributed by atoms with E-state index in [0.29, 0.717) is 19.4 Å². The van der Waals surface area contributed by atoms with Gasteiger partial charge in [-0.05, 0) is 56.5 Å². The number of aryl methyl sites for hydroxylation is 2. The molecule has 0 radical (unpaired) electrons. The van der Waals surface area contributed by atoms with E-state index in [2.05, 4.69) is 10.4 Å². The van der Waals surface area contributed by atoms with Crippen LogP contribution >= 0.6 is 0 Å². The lowest BCUT2D eigenvalue weighted by molar-refractivity contribution is -0.124. The molecule has 3 rings (SSSR count). The highest BCUT2D eigenvalue weighted by atomic mass is 32.2. The maximum atomic E-state index is 13.0. The van der Waals surface area contributed by atoms with Gasteiger partial charge in [0.25, 0.3) is 0 Å². The zero-order chi connectivity index (χ0) is 20.5. The predicted molar refractivity (Wildman–Crippen MR) is 103 cm³/mol. The molecule has 1 aromatic carbocycles. The number of carbonyl (C=O) groups is 1. The van der Waals surface area contributed by atoms with Crippen LogP contribution in [0.3, 0.4) is 0 Å². The molecule has 1 amide bonds. The van der Waals surface area contributed by atoms with Crippen LogP contribution in [-0.4, -0.2) is 48.0 Å². The first-order valence-corrected chi connectivity index (χ1v) is 10.7. The minimum Gasteiger partial charge on any atom is -0.355 e. The first-order chi connectivity index (χ1) is 13.2. The second-order valence-electron chi connectivity index (χ2n) is 7.12. The number of hydrogen-bond donors (Lipinski definition) is 1. The van der Waals surface area contributed by atoms with Crippen molar-refractivity contribution in [3.05, 3.63) is 47.0 Å². The number of nitrogens with one attached hydrogen (secondary N) is 1. The van der Waals surface area contributed by atoms with Crippen molar-refractivity contribution in [1.82, 2.24) is 19.4 Å². The van der Waals surface area contributed by atoms with E-state index in [9.17, 15) is 17.6 Å². The van der Waals surface area contributed by atoms with Crippen LogP contribution < -0.4 is 5.32 Å². The fourth-order valence-corrected chi connectivity index (χ4v) is 5.05. The topological polar surface area (TPSA) is 84.3 Å². The molecule has 7 nitrogen and oxygen atoms in total. The Morgan fingerprint density at radius 1 is 1.29 bits per heavy atom. The molecular weight excluding hydrogens is 383 g/mol. The number of halogens is 1. The van der Waals surface area contributed by atoms with Gasteiger partial charge in [0, 0.05) is 32.4 Å². The van der Waals surface area contributed by atoms with E-state index in [4.69, 9.17) is 0 Å². The maximum Gasteiger partial charge on any atom is 0.243 e. The summed E-state index contributed by atoms with van der Waals surface area (Å²) in [6, 6.07) is 4.73. The molecule has 0 bridgehead atoms. The molecule has 1 N–H and O–H groups in total. The summed E-state index contributed by atoms with van der Waals surface area (Å²) in [5.74, 6) is -1.01. The van der Waals surface area contributed by atoms with Crippen molar-refractivity contribution in [2.24, 2.45) is 13.0 Å². The third-order valence-corrected chi connectivity index (χ3v) is 7.19.